The van der Waals surface area contributed by atoms with E-state index < -0.39 is 39.9 Å². The van der Waals surface area contributed by atoms with Crippen molar-refractivity contribution in [2.45, 2.75) is 32.4 Å². The fourth-order valence-electron chi connectivity index (χ4n) is 2.03. The van der Waals surface area contributed by atoms with Crippen LogP contribution in [0.25, 0.3) is 0 Å². The summed E-state index contributed by atoms with van der Waals surface area (Å²) in [5.41, 5.74) is -0.687. The molecular formula is C12H22N2O7S. The van der Waals surface area contributed by atoms with Gasteiger partial charge in [0.25, 0.3) is 10.1 Å². The van der Waals surface area contributed by atoms with Crippen molar-refractivity contribution in [2.24, 2.45) is 5.92 Å². The molecule has 0 aromatic carbocycles. The summed E-state index contributed by atoms with van der Waals surface area (Å²) in [5.74, 6) is -0.474. The van der Waals surface area contributed by atoms with Crippen molar-refractivity contribution in [3.8, 4) is 0 Å². The van der Waals surface area contributed by atoms with E-state index in [2.05, 4.69) is 5.32 Å². The number of ether oxygens (including phenoxy) is 1. The summed E-state index contributed by atoms with van der Waals surface area (Å²) in [6, 6.07) is -0.576. The molecule has 22 heavy (non-hydrogen) atoms. The number of likely N-dealkylation sites (tertiary alicyclic amines) is 1. The molecule has 10 heteroatoms. The van der Waals surface area contributed by atoms with E-state index in [1.54, 1.807) is 20.8 Å². The van der Waals surface area contributed by atoms with Crippen LogP contribution < -0.4 is 5.32 Å². The number of nitrogens with one attached hydrogen (secondary N) is 1. The van der Waals surface area contributed by atoms with E-state index in [4.69, 9.17) is 14.0 Å². The van der Waals surface area contributed by atoms with Crippen molar-refractivity contribution >= 4 is 22.3 Å². The highest BCUT2D eigenvalue weighted by Gasteiger charge is 2.37. The molecule has 2 N–H and O–H groups in total. The van der Waals surface area contributed by atoms with Gasteiger partial charge in [0.05, 0.1) is 18.9 Å². The van der Waals surface area contributed by atoms with Gasteiger partial charge >= 0.3 is 12.2 Å². The van der Waals surface area contributed by atoms with E-state index in [9.17, 15) is 18.0 Å². The standard InChI is InChI=1S/C12H22N2O7S/c1-12(2,3)21-10(15)13-9-6-14(11(16)17)5-8(9)7-20-22(4,18)19/h8-9H,5-7H2,1-4H3,(H,13,15)(H,16,17)/t8-,9-/m1/s1. The molecule has 0 bridgehead atoms. The average Bonchev–Trinajstić information content (AvgIpc) is 2.66. The Labute approximate surface area is 129 Å². The van der Waals surface area contributed by atoms with Crippen LogP contribution in [0.15, 0.2) is 0 Å². The Bertz CT molecular complexity index is 526. The minimum absolute atomic E-state index is 0.0480. The first-order valence-corrected chi connectivity index (χ1v) is 8.51. The predicted molar refractivity (Wildman–Crippen MR) is 77.0 cm³/mol. The molecule has 0 radical (unpaired) electrons. The fraction of sp³-hybridized carbons (Fsp3) is 0.833. The zero-order valence-corrected chi connectivity index (χ0v) is 13.8. The molecule has 1 aliphatic rings. The van der Waals surface area contributed by atoms with Crippen molar-refractivity contribution in [3.63, 3.8) is 0 Å². The lowest BCUT2D eigenvalue weighted by atomic mass is 10.1. The molecule has 128 valence electrons. The molecule has 0 aromatic rings. The van der Waals surface area contributed by atoms with Gasteiger partial charge in [-0.2, -0.15) is 8.42 Å². The molecule has 2 amide bonds. The number of amides is 2. The maximum Gasteiger partial charge on any atom is 0.407 e. The lowest BCUT2D eigenvalue weighted by Gasteiger charge is -2.23. The Hall–Kier alpha value is -1.55. The van der Waals surface area contributed by atoms with Crippen molar-refractivity contribution in [3.05, 3.63) is 0 Å². The zero-order chi connectivity index (χ0) is 17.1. The van der Waals surface area contributed by atoms with E-state index in [0.29, 0.717) is 0 Å². The van der Waals surface area contributed by atoms with Crippen molar-refractivity contribution in [1.29, 1.82) is 0 Å². The molecule has 1 heterocycles. The van der Waals surface area contributed by atoms with Crippen LogP contribution in [0.3, 0.4) is 0 Å². The number of hydrogen-bond acceptors (Lipinski definition) is 6. The Morgan fingerprint density at radius 1 is 1.32 bits per heavy atom. The highest BCUT2D eigenvalue weighted by Crippen LogP contribution is 2.19. The average molecular weight is 338 g/mol. The van der Waals surface area contributed by atoms with Crippen LogP contribution >= 0.6 is 0 Å². The zero-order valence-electron chi connectivity index (χ0n) is 13.0. The SMILES string of the molecule is CC(C)(C)OC(=O)N[C@@H]1CN(C(=O)O)C[C@@H]1COS(C)(=O)=O. The third-order valence-corrected chi connectivity index (χ3v) is 3.47. The molecule has 0 saturated carbocycles. The van der Waals surface area contributed by atoms with Crippen LogP contribution in [0.2, 0.25) is 0 Å². The second-order valence-electron chi connectivity index (χ2n) is 6.19. The minimum atomic E-state index is -3.64. The maximum absolute atomic E-state index is 11.8. The Morgan fingerprint density at radius 2 is 1.91 bits per heavy atom. The largest absolute Gasteiger partial charge is 0.465 e. The van der Waals surface area contributed by atoms with Gasteiger partial charge in [0.2, 0.25) is 0 Å². The van der Waals surface area contributed by atoms with Gasteiger partial charge in [-0.3, -0.25) is 4.18 Å². The molecule has 0 aromatic heterocycles. The summed E-state index contributed by atoms with van der Waals surface area (Å²) < 4.78 is 31.9. The molecule has 1 rings (SSSR count). The third kappa shape index (κ3) is 6.48. The molecular weight excluding hydrogens is 316 g/mol. The van der Waals surface area contributed by atoms with E-state index in [1.807, 2.05) is 0 Å². The molecule has 1 saturated heterocycles. The van der Waals surface area contributed by atoms with E-state index >= 15 is 0 Å². The third-order valence-electron chi connectivity index (χ3n) is 2.91. The van der Waals surface area contributed by atoms with Gasteiger partial charge < -0.3 is 20.1 Å². The van der Waals surface area contributed by atoms with Gasteiger partial charge in [-0.15, -0.1) is 0 Å². The van der Waals surface area contributed by atoms with Crippen molar-refractivity contribution in [1.82, 2.24) is 10.2 Å². The molecule has 1 fully saturated rings. The lowest BCUT2D eigenvalue weighted by molar-refractivity contribution is 0.0489. The molecule has 2 atom stereocenters. The van der Waals surface area contributed by atoms with Crippen LogP contribution in [0.1, 0.15) is 20.8 Å². The number of nitrogens with zero attached hydrogens (tertiary/aromatic N) is 1. The number of carbonyl (C=O) groups is 2. The van der Waals surface area contributed by atoms with E-state index in [0.717, 1.165) is 11.2 Å². The molecule has 0 unspecified atom stereocenters. The highest BCUT2D eigenvalue weighted by atomic mass is 32.2. The lowest BCUT2D eigenvalue weighted by Crippen LogP contribution is -2.44. The van der Waals surface area contributed by atoms with E-state index in [1.165, 1.54) is 0 Å². The monoisotopic (exact) mass is 338 g/mol. The second-order valence-corrected chi connectivity index (χ2v) is 7.83. The summed E-state index contributed by atoms with van der Waals surface area (Å²) in [5, 5.41) is 11.6. The van der Waals surface area contributed by atoms with Crippen LogP contribution in [0.5, 0.6) is 0 Å². The first kappa shape index (κ1) is 18.5. The van der Waals surface area contributed by atoms with Gasteiger partial charge in [-0.1, -0.05) is 0 Å². The number of rotatable bonds is 4. The topological polar surface area (TPSA) is 122 Å². The van der Waals surface area contributed by atoms with Crippen LogP contribution in [-0.4, -0.2) is 68.2 Å². The number of carboxylic acid groups (broad SMARTS) is 1. The van der Waals surface area contributed by atoms with Crippen molar-refractivity contribution < 1.29 is 32.0 Å². The summed E-state index contributed by atoms with van der Waals surface area (Å²) in [7, 11) is -3.64. The summed E-state index contributed by atoms with van der Waals surface area (Å²) in [4.78, 5) is 23.9. The van der Waals surface area contributed by atoms with Crippen LogP contribution in [-0.2, 0) is 19.0 Å². The fourth-order valence-corrected chi connectivity index (χ4v) is 2.45. The second kappa shape index (κ2) is 6.69. The first-order chi connectivity index (χ1) is 9.87. The number of hydrogen-bond donors (Lipinski definition) is 2. The normalized spacial score (nSPS) is 22.5. The van der Waals surface area contributed by atoms with E-state index in [-0.39, 0.29) is 19.7 Å². The van der Waals surface area contributed by atoms with Crippen LogP contribution in [0, 0.1) is 5.92 Å². The quantitative estimate of drug-likeness (QED) is 0.714. The maximum atomic E-state index is 11.8. The van der Waals surface area contributed by atoms with Crippen LogP contribution in [0.4, 0.5) is 9.59 Å². The smallest absolute Gasteiger partial charge is 0.407 e. The van der Waals surface area contributed by atoms with Crippen molar-refractivity contribution in [2.75, 3.05) is 26.0 Å². The summed E-state index contributed by atoms with van der Waals surface area (Å²) in [6.07, 6.45) is -0.917. The Balaban J connectivity index is 2.70. The first-order valence-electron chi connectivity index (χ1n) is 6.69. The van der Waals surface area contributed by atoms with Gasteiger partial charge in [-0.05, 0) is 20.8 Å². The molecule has 1 aliphatic heterocycles. The summed E-state index contributed by atoms with van der Waals surface area (Å²) >= 11 is 0. The van der Waals surface area contributed by atoms with Gasteiger partial charge in [0.1, 0.15) is 5.60 Å². The number of alkyl carbamates (subject to hydrolysis) is 1. The summed E-state index contributed by atoms with van der Waals surface area (Å²) in [6.45, 7) is 5.03. The number of carbonyl (C=O) groups excluding carboxylic acids is 1. The Kier molecular flexibility index (Phi) is 5.63. The predicted octanol–water partition coefficient (Wildman–Crippen LogP) is 0.466. The Morgan fingerprint density at radius 3 is 2.36 bits per heavy atom. The molecule has 0 aliphatic carbocycles. The minimum Gasteiger partial charge on any atom is -0.465 e. The van der Waals surface area contributed by atoms with Gasteiger partial charge in [0, 0.05) is 19.0 Å². The van der Waals surface area contributed by atoms with Gasteiger partial charge in [-0.25, -0.2) is 9.59 Å². The van der Waals surface area contributed by atoms with Gasteiger partial charge in [0.15, 0.2) is 0 Å². The molecule has 0 spiro atoms. The molecule has 9 nitrogen and oxygen atoms in total. The highest BCUT2D eigenvalue weighted by molar-refractivity contribution is 7.85.